The number of hydrogen-bond acceptors (Lipinski definition) is 6. The van der Waals surface area contributed by atoms with Gasteiger partial charge in [0.2, 0.25) is 5.91 Å². The fraction of sp³-hybridized carbons (Fsp3) is 0.148. The average Bonchev–Trinajstić information content (AvgIpc) is 3.12. The van der Waals surface area contributed by atoms with E-state index in [1.807, 2.05) is 55.5 Å². The largest absolute Gasteiger partial charge is 0.494 e. The van der Waals surface area contributed by atoms with Crippen LogP contribution in [0.1, 0.15) is 18.1 Å². The van der Waals surface area contributed by atoms with E-state index in [1.165, 1.54) is 0 Å². The normalized spacial score (nSPS) is 14.3. The maximum absolute atomic E-state index is 12.8. The summed E-state index contributed by atoms with van der Waals surface area (Å²) in [6.45, 7) is 2.49. The van der Waals surface area contributed by atoms with Gasteiger partial charge in [0.25, 0.3) is 11.1 Å². The molecular weight excluding hydrogens is 464 g/mol. The van der Waals surface area contributed by atoms with Gasteiger partial charge in [-0.3, -0.25) is 19.3 Å². The van der Waals surface area contributed by atoms with E-state index < -0.39 is 17.1 Å². The van der Waals surface area contributed by atoms with Crippen LogP contribution in [0.2, 0.25) is 0 Å². The molecule has 0 atom stereocenters. The number of imide groups is 1. The topological polar surface area (TPSA) is 84.9 Å². The lowest BCUT2D eigenvalue weighted by Gasteiger charge is -2.12. The number of rotatable bonds is 9. The highest BCUT2D eigenvalue weighted by Crippen LogP contribution is 2.32. The summed E-state index contributed by atoms with van der Waals surface area (Å²) in [6.07, 6.45) is 1.63. The van der Waals surface area contributed by atoms with E-state index in [4.69, 9.17) is 9.47 Å². The number of benzene rings is 3. The number of anilines is 1. The second kappa shape index (κ2) is 11.4. The Labute approximate surface area is 207 Å². The van der Waals surface area contributed by atoms with Crippen molar-refractivity contribution in [3.8, 4) is 11.5 Å². The van der Waals surface area contributed by atoms with Crippen molar-refractivity contribution in [3.63, 3.8) is 0 Å². The number of carbonyl (C=O) groups is 3. The molecule has 0 unspecified atom stereocenters. The van der Waals surface area contributed by atoms with Crippen molar-refractivity contribution < 1.29 is 23.9 Å². The first-order valence-corrected chi connectivity index (χ1v) is 11.9. The van der Waals surface area contributed by atoms with Gasteiger partial charge in [-0.25, -0.2) is 0 Å². The molecular formula is C27H24N2O5S. The van der Waals surface area contributed by atoms with Crippen LogP contribution in [0.25, 0.3) is 6.08 Å². The minimum Gasteiger partial charge on any atom is -0.494 e. The van der Waals surface area contributed by atoms with E-state index in [0.717, 1.165) is 27.8 Å². The molecule has 1 aliphatic heterocycles. The molecule has 35 heavy (non-hydrogen) atoms. The molecule has 7 nitrogen and oxygen atoms in total. The summed E-state index contributed by atoms with van der Waals surface area (Å²) < 4.78 is 11.2. The molecule has 1 aliphatic rings. The highest BCUT2D eigenvalue weighted by Gasteiger charge is 2.36. The zero-order valence-corrected chi connectivity index (χ0v) is 19.9. The highest BCUT2D eigenvalue weighted by molar-refractivity contribution is 8.18. The lowest BCUT2D eigenvalue weighted by molar-refractivity contribution is -0.127. The van der Waals surface area contributed by atoms with Gasteiger partial charge in [0, 0.05) is 5.69 Å². The van der Waals surface area contributed by atoms with Crippen LogP contribution in [-0.4, -0.2) is 35.1 Å². The van der Waals surface area contributed by atoms with Crippen LogP contribution in [0.15, 0.2) is 83.8 Å². The average molecular weight is 489 g/mol. The van der Waals surface area contributed by atoms with Crippen molar-refractivity contribution in [2.75, 3.05) is 18.5 Å². The number of amides is 3. The first-order valence-electron chi connectivity index (χ1n) is 11.1. The second-order valence-electron chi connectivity index (χ2n) is 7.62. The SMILES string of the molecule is CCOc1ccc(NC(=O)CN2C(=O)S/C(=C/c3cccc(OCc4ccccc4)c3)C2=O)cc1. The van der Waals surface area contributed by atoms with Crippen LogP contribution in [0.3, 0.4) is 0 Å². The lowest BCUT2D eigenvalue weighted by atomic mass is 10.2. The molecule has 8 heteroatoms. The summed E-state index contributed by atoms with van der Waals surface area (Å²) in [5, 5.41) is 2.21. The van der Waals surface area contributed by atoms with Crippen LogP contribution in [-0.2, 0) is 16.2 Å². The van der Waals surface area contributed by atoms with Crippen molar-refractivity contribution >= 4 is 40.6 Å². The fourth-order valence-corrected chi connectivity index (χ4v) is 4.21. The molecule has 0 bridgehead atoms. The molecule has 0 spiro atoms. The Hall–Kier alpha value is -4.04. The van der Waals surface area contributed by atoms with Gasteiger partial charge in [-0.1, -0.05) is 42.5 Å². The van der Waals surface area contributed by atoms with E-state index in [2.05, 4.69) is 5.32 Å². The second-order valence-corrected chi connectivity index (χ2v) is 8.61. The van der Waals surface area contributed by atoms with Gasteiger partial charge in [-0.2, -0.15) is 0 Å². The van der Waals surface area contributed by atoms with Crippen LogP contribution in [0.5, 0.6) is 11.5 Å². The minimum atomic E-state index is -0.502. The fourth-order valence-electron chi connectivity index (χ4n) is 3.37. The highest BCUT2D eigenvalue weighted by atomic mass is 32.2. The van der Waals surface area contributed by atoms with E-state index in [9.17, 15) is 14.4 Å². The zero-order valence-electron chi connectivity index (χ0n) is 19.1. The Kier molecular flexibility index (Phi) is 7.84. The van der Waals surface area contributed by atoms with Crippen molar-refractivity contribution in [1.82, 2.24) is 4.90 Å². The third kappa shape index (κ3) is 6.51. The van der Waals surface area contributed by atoms with Crippen molar-refractivity contribution in [2.45, 2.75) is 13.5 Å². The van der Waals surface area contributed by atoms with E-state index in [0.29, 0.717) is 30.4 Å². The number of carbonyl (C=O) groups excluding carboxylic acids is 3. The van der Waals surface area contributed by atoms with Gasteiger partial charge in [-0.05, 0) is 72.3 Å². The summed E-state index contributed by atoms with van der Waals surface area (Å²) in [6, 6.07) is 23.9. The molecule has 1 fully saturated rings. The van der Waals surface area contributed by atoms with E-state index in [-0.39, 0.29) is 11.4 Å². The van der Waals surface area contributed by atoms with Gasteiger partial charge in [0.1, 0.15) is 24.7 Å². The molecule has 3 aromatic rings. The van der Waals surface area contributed by atoms with Gasteiger partial charge >= 0.3 is 0 Å². The Morgan fingerprint density at radius 2 is 1.71 bits per heavy atom. The van der Waals surface area contributed by atoms with Crippen LogP contribution in [0.4, 0.5) is 10.5 Å². The molecule has 0 saturated carbocycles. The van der Waals surface area contributed by atoms with Gasteiger partial charge in [-0.15, -0.1) is 0 Å². The third-order valence-electron chi connectivity index (χ3n) is 5.03. The number of thioether (sulfide) groups is 1. The van der Waals surface area contributed by atoms with Crippen LogP contribution >= 0.6 is 11.8 Å². The smallest absolute Gasteiger partial charge is 0.294 e. The molecule has 178 valence electrons. The zero-order chi connectivity index (χ0) is 24.6. The molecule has 1 N–H and O–H groups in total. The number of nitrogens with one attached hydrogen (secondary N) is 1. The molecule has 3 aromatic carbocycles. The summed E-state index contributed by atoms with van der Waals surface area (Å²) in [4.78, 5) is 38.9. The minimum absolute atomic E-state index is 0.254. The standard InChI is InChI=1S/C27H24N2O5S/c1-2-33-22-13-11-21(12-14-22)28-25(30)17-29-26(31)24(35-27(29)32)16-20-9-6-10-23(15-20)34-18-19-7-4-3-5-8-19/h3-16H,2,17-18H2,1H3,(H,28,30)/b24-16+. The first kappa shape index (κ1) is 24.1. The molecule has 4 rings (SSSR count). The molecule has 1 saturated heterocycles. The summed E-state index contributed by atoms with van der Waals surface area (Å²) >= 11 is 0.810. The summed E-state index contributed by atoms with van der Waals surface area (Å²) in [5.41, 5.74) is 2.32. The summed E-state index contributed by atoms with van der Waals surface area (Å²) in [5.74, 6) is 0.374. The molecule has 0 aliphatic carbocycles. The maximum Gasteiger partial charge on any atom is 0.294 e. The molecule has 0 radical (unpaired) electrons. The third-order valence-corrected chi connectivity index (χ3v) is 5.94. The molecule has 3 amide bonds. The van der Waals surface area contributed by atoms with Crippen molar-refractivity contribution in [3.05, 3.63) is 94.9 Å². The number of nitrogens with zero attached hydrogens (tertiary/aromatic N) is 1. The number of ether oxygens (including phenoxy) is 2. The molecule has 0 aromatic heterocycles. The Morgan fingerprint density at radius 1 is 0.943 bits per heavy atom. The Bertz CT molecular complexity index is 1240. The number of hydrogen-bond donors (Lipinski definition) is 1. The monoisotopic (exact) mass is 488 g/mol. The van der Waals surface area contributed by atoms with E-state index in [1.54, 1.807) is 36.4 Å². The molecule has 1 heterocycles. The van der Waals surface area contributed by atoms with Crippen molar-refractivity contribution in [2.24, 2.45) is 0 Å². The summed E-state index contributed by atoms with van der Waals surface area (Å²) in [7, 11) is 0. The van der Waals surface area contributed by atoms with Gasteiger partial charge < -0.3 is 14.8 Å². The van der Waals surface area contributed by atoms with E-state index >= 15 is 0 Å². The maximum atomic E-state index is 12.8. The predicted octanol–water partition coefficient (Wildman–Crippen LogP) is 5.34. The Morgan fingerprint density at radius 3 is 2.46 bits per heavy atom. The quantitative estimate of drug-likeness (QED) is 0.409. The van der Waals surface area contributed by atoms with Gasteiger partial charge in [0.05, 0.1) is 11.5 Å². The van der Waals surface area contributed by atoms with Crippen LogP contribution in [0, 0.1) is 0 Å². The lowest BCUT2D eigenvalue weighted by Crippen LogP contribution is -2.36. The van der Waals surface area contributed by atoms with Crippen LogP contribution < -0.4 is 14.8 Å². The first-order chi connectivity index (χ1) is 17.0. The van der Waals surface area contributed by atoms with Crippen molar-refractivity contribution in [1.29, 1.82) is 0 Å². The Balaban J connectivity index is 1.37. The predicted molar refractivity (Wildman–Crippen MR) is 136 cm³/mol. The van der Waals surface area contributed by atoms with Gasteiger partial charge in [0.15, 0.2) is 0 Å².